The van der Waals surface area contributed by atoms with Crippen molar-refractivity contribution in [3.63, 3.8) is 0 Å². The first-order valence-corrected chi connectivity index (χ1v) is 7.41. The SMILES string of the molecule is CCn1nnc2cc(C(=O)NCc3cccc(Cl)c3)ccc21. The first-order valence-electron chi connectivity index (χ1n) is 7.03. The number of amides is 1. The predicted molar refractivity (Wildman–Crippen MR) is 85.8 cm³/mol. The summed E-state index contributed by atoms with van der Waals surface area (Å²) in [6.07, 6.45) is 0. The van der Waals surface area contributed by atoms with Crippen LogP contribution in [-0.4, -0.2) is 20.9 Å². The molecular weight excluding hydrogens is 300 g/mol. The van der Waals surface area contributed by atoms with E-state index in [1.54, 1.807) is 22.9 Å². The van der Waals surface area contributed by atoms with Crippen molar-refractivity contribution in [2.45, 2.75) is 20.0 Å². The lowest BCUT2D eigenvalue weighted by Crippen LogP contribution is -2.22. The number of rotatable bonds is 4. The third kappa shape index (κ3) is 2.94. The van der Waals surface area contributed by atoms with E-state index >= 15 is 0 Å². The standard InChI is InChI=1S/C16H15ClN4O/c1-2-21-15-7-6-12(9-14(15)19-20-21)16(22)18-10-11-4-3-5-13(17)8-11/h3-9H,2,10H2,1H3,(H,18,22). The number of halogens is 1. The Hall–Kier alpha value is -2.40. The van der Waals surface area contributed by atoms with E-state index in [1.807, 2.05) is 31.2 Å². The lowest BCUT2D eigenvalue weighted by atomic mass is 10.1. The van der Waals surface area contributed by atoms with E-state index in [2.05, 4.69) is 15.6 Å². The zero-order chi connectivity index (χ0) is 15.5. The molecule has 1 heterocycles. The molecule has 5 nitrogen and oxygen atoms in total. The minimum Gasteiger partial charge on any atom is -0.348 e. The summed E-state index contributed by atoms with van der Waals surface area (Å²) in [7, 11) is 0. The summed E-state index contributed by atoms with van der Waals surface area (Å²) >= 11 is 5.93. The van der Waals surface area contributed by atoms with Gasteiger partial charge in [-0.05, 0) is 42.8 Å². The van der Waals surface area contributed by atoms with Gasteiger partial charge >= 0.3 is 0 Å². The van der Waals surface area contributed by atoms with Crippen LogP contribution in [0.25, 0.3) is 11.0 Å². The molecule has 0 saturated carbocycles. The van der Waals surface area contributed by atoms with Gasteiger partial charge in [0.1, 0.15) is 5.52 Å². The van der Waals surface area contributed by atoms with Crippen molar-refractivity contribution < 1.29 is 4.79 Å². The fourth-order valence-electron chi connectivity index (χ4n) is 2.28. The molecule has 2 aromatic carbocycles. The molecule has 3 rings (SSSR count). The highest BCUT2D eigenvalue weighted by atomic mass is 35.5. The van der Waals surface area contributed by atoms with Gasteiger partial charge in [-0.25, -0.2) is 4.68 Å². The molecule has 1 N–H and O–H groups in total. The van der Waals surface area contributed by atoms with Crippen molar-refractivity contribution in [2.24, 2.45) is 0 Å². The van der Waals surface area contributed by atoms with Gasteiger partial charge in [0.05, 0.1) is 5.52 Å². The number of carbonyl (C=O) groups is 1. The van der Waals surface area contributed by atoms with Crippen molar-refractivity contribution in [2.75, 3.05) is 0 Å². The molecule has 0 aliphatic carbocycles. The smallest absolute Gasteiger partial charge is 0.251 e. The molecule has 0 saturated heterocycles. The first-order chi connectivity index (χ1) is 10.7. The molecule has 0 bridgehead atoms. The van der Waals surface area contributed by atoms with Gasteiger partial charge in [-0.3, -0.25) is 4.79 Å². The van der Waals surface area contributed by atoms with Crippen LogP contribution in [0.15, 0.2) is 42.5 Å². The zero-order valence-electron chi connectivity index (χ0n) is 12.1. The Balaban J connectivity index is 1.74. The molecule has 112 valence electrons. The number of carbonyl (C=O) groups excluding carboxylic acids is 1. The molecule has 0 aliphatic heterocycles. The van der Waals surface area contributed by atoms with Crippen LogP contribution in [0, 0.1) is 0 Å². The highest BCUT2D eigenvalue weighted by molar-refractivity contribution is 6.30. The number of nitrogens with zero attached hydrogens (tertiary/aromatic N) is 3. The maximum atomic E-state index is 12.2. The maximum Gasteiger partial charge on any atom is 0.251 e. The number of hydrogen-bond acceptors (Lipinski definition) is 3. The van der Waals surface area contributed by atoms with Gasteiger partial charge in [0, 0.05) is 23.7 Å². The van der Waals surface area contributed by atoms with E-state index in [9.17, 15) is 4.79 Å². The maximum absolute atomic E-state index is 12.2. The molecule has 22 heavy (non-hydrogen) atoms. The second kappa shape index (κ2) is 6.15. The Morgan fingerprint density at radius 3 is 2.91 bits per heavy atom. The van der Waals surface area contributed by atoms with Gasteiger partial charge in [0.2, 0.25) is 0 Å². The van der Waals surface area contributed by atoms with Gasteiger partial charge in [0.25, 0.3) is 5.91 Å². The molecule has 0 spiro atoms. The monoisotopic (exact) mass is 314 g/mol. The average Bonchev–Trinajstić information content (AvgIpc) is 2.95. The van der Waals surface area contributed by atoms with Crippen molar-refractivity contribution in [1.29, 1.82) is 0 Å². The van der Waals surface area contributed by atoms with E-state index in [1.165, 1.54) is 0 Å². The summed E-state index contributed by atoms with van der Waals surface area (Å²) in [5.41, 5.74) is 3.17. The number of fused-ring (bicyclic) bond motifs is 1. The van der Waals surface area contributed by atoms with Crippen LogP contribution in [0.1, 0.15) is 22.8 Å². The van der Waals surface area contributed by atoms with Gasteiger partial charge in [-0.2, -0.15) is 0 Å². The fraction of sp³-hybridized carbons (Fsp3) is 0.188. The van der Waals surface area contributed by atoms with Crippen molar-refractivity contribution in [3.8, 4) is 0 Å². The van der Waals surface area contributed by atoms with E-state index in [4.69, 9.17) is 11.6 Å². The normalized spacial score (nSPS) is 10.8. The van der Waals surface area contributed by atoms with E-state index in [0.29, 0.717) is 17.1 Å². The number of hydrogen-bond donors (Lipinski definition) is 1. The van der Waals surface area contributed by atoms with Gasteiger partial charge < -0.3 is 5.32 Å². The third-order valence-corrected chi connectivity index (χ3v) is 3.65. The Morgan fingerprint density at radius 2 is 2.14 bits per heavy atom. The number of aromatic nitrogens is 3. The van der Waals surface area contributed by atoms with Crippen molar-refractivity contribution in [1.82, 2.24) is 20.3 Å². The fourth-order valence-corrected chi connectivity index (χ4v) is 2.49. The van der Waals surface area contributed by atoms with Crippen molar-refractivity contribution >= 4 is 28.5 Å². The van der Waals surface area contributed by atoms with Crippen LogP contribution in [0.5, 0.6) is 0 Å². The molecule has 1 aromatic heterocycles. The van der Waals surface area contributed by atoms with E-state index in [-0.39, 0.29) is 5.91 Å². The zero-order valence-corrected chi connectivity index (χ0v) is 12.8. The Kier molecular flexibility index (Phi) is 4.06. The van der Waals surface area contributed by atoms with Crippen LogP contribution < -0.4 is 5.32 Å². The Labute approximate surface area is 132 Å². The van der Waals surface area contributed by atoms with E-state index < -0.39 is 0 Å². The molecule has 0 unspecified atom stereocenters. The largest absolute Gasteiger partial charge is 0.348 e. The van der Waals surface area contributed by atoms with Gasteiger partial charge in [0.15, 0.2) is 0 Å². The summed E-state index contributed by atoms with van der Waals surface area (Å²) in [6.45, 7) is 3.18. The molecule has 0 atom stereocenters. The molecular formula is C16H15ClN4O. The second-order valence-electron chi connectivity index (χ2n) is 4.92. The van der Waals surface area contributed by atoms with Gasteiger partial charge in [-0.15, -0.1) is 5.10 Å². The Morgan fingerprint density at radius 1 is 1.27 bits per heavy atom. The van der Waals surface area contributed by atoms with Crippen LogP contribution >= 0.6 is 11.6 Å². The highest BCUT2D eigenvalue weighted by Gasteiger charge is 2.09. The van der Waals surface area contributed by atoms with Gasteiger partial charge in [-0.1, -0.05) is 28.9 Å². The summed E-state index contributed by atoms with van der Waals surface area (Å²) < 4.78 is 1.79. The average molecular weight is 315 g/mol. The van der Waals surface area contributed by atoms with Crippen molar-refractivity contribution in [3.05, 3.63) is 58.6 Å². The van der Waals surface area contributed by atoms with Crippen LogP contribution in [0.3, 0.4) is 0 Å². The molecule has 1 amide bonds. The minimum atomic E-state index is -0.145. The minimum absolute atomic E-state index is 0.145. The predicted octanol–water partition coefficient (Wildman–Crippen LogP) is 3.03. The number of nitrogens with one attached hydrogen (secondary N) is 1. The lowest BCUT2D eigenvalue weighted by Gasteiger charge is -2.06. The van der Waals surface area contributed by atoms with Crippen LogP contribution in [-0.2, 0) is 13.1 Å². The summed E-state index contributed by atoms with van der Waals surface area (Å²) in [5, 5.41) is 11.6. The quantitative estimate of drug-likeness (QED) is 0.805. The number of benzene rings is 2. The topological polar surface area (TPSA) is 59.8 Å². The summed E-state index contributed by atoms with van der Waals surface area (Å²) in [5.74, 6) is -0.145. The Bertz CT molecular complexity index is 828. The molecule has 0 fully saturated rings. The highest BCUT2D eigenvalue weighted by Crippen LogP contribution is 2.14. The summed E-state index contributed by atoms with van der Waals surface area (Å²) in [4.78, 5) is 12.2. The molecule has 0 radical (unpaired) electrons. The lowest BCUT2D eigenvalue weighted by molar-refractivity contribution is 0.0951. The number of aryl methyl sites for hydroxylation is 1. The summed E-state index contributed by atoms with van der Waals surface area (Å²) in [6, 6.07) is 12.8. The van der Waals surface area contributed by atoms with Crippen LogP contribution in [0.2, 0.25) is 5.02 Å². The molecule has 6 heteroatoms. The first kappa shape index (κ1) is 14.5. The molecule has 3 aromatic rings. The third-order valence-electron chi connectivity index (χ3n) is 3.42. The second-order valence-corrected chi connectivity index (χ2v) is 5.36. The van der Waals surface area contributed by atoms with E-state index in [0.717, 1.165) is 23.1 Å². The van der Waals surface area contributed by atoms with Crippen LogP contribution in [0.4, 0.5) is 0 Å². The molecule has 0 aliphatic rings.